The van der Waals surface area contributed by atoms with Gasteiger partial charge in [-0.2, -0.15) is 0 Å². The average molecular weight is 1690 g/mol. The molecule has 0 aliphatic heterocycles. The third kappa shape index (κ3) is 125. The fourth-order valence-electron chi connectivity index (χ4n) is 14.1. The van der Waals surface area contributed by atoms with Gasteiger partial charge in [0.25, 0.3) is 0 Å². The minimum absolute atomic E-state index is 0.322. The maximum Gasteiger partial charge on any atom is 0.472 e. The molecule has 0 spiro atoms. The molecular formula is C96H208N3O12P3. The van der Waals surface area contributed by atoms with E-state index in [1.165, 1.54) is 437 Å². The first-order valence-electron chi connectivity index (χ1n) is 50.6. The van der Waals surface area contributed by atoms with Crippen molar-refractivity contribution in [2.24, 2.45) is 17.2 Å². The molecule has 0 rings (SSSR count). The summed E-state index contributed by atoms with van der Waals surface area (Å²) < 4.78 is 66.0. The highest BCUT2D eigenvalue weighted by atomic mass is 31.2. The van der Waals surface area contributed by atoms with E-state index in [1.54, 1.807) is 0 Å². The quantitative estimate of drug-likeness (QED) is 0.0245. The maximum absolute atomic E-state index is 11.8. The van der Waals surface area contributed by atoms with Crippen LogP contribution in [0, 0.1) is 0 Å². The lowest BCUT2D eigenvalue weighted by atomic mass is 10.1. The highest BCUT2D eigenvalue weighted by Crippen LogP contribution is 2.45. The van der Waals surface area contributed by atoms with Crippen LogP contribution in [0.1, 0.15) is 562 Å². The van der Waals surface area contributed by atoms with Gasteiger partial charge >= 0.3 is 23.5 Å². The summed E-state index contributed by atoms with van der Waals surface area (Å²) in [7, 11) is -11.5. The summed E-state index contributed by atoms with van der Waals surface area (Å²) in [6.07, 6.45) is 102. The zero-order chi connectivity index (χ0) is 84.7. The summed E-state index contributed by atoms with van der Waals surface area (Å²) in [5.41, 5.74) is 16.3. The van der Waals surface area contributed by atoms with E-state index >= 15 is 0 Å². The Morgan fingerprint density at radius 1 is 0.149 bits per heavy atom. The molecule has 0 aromatic heterocycles. The highest BCUT2D eigenvalue weighted by molar-refractivity contribution is 7.47. The van der Waals surface area contributed by atoms with Gasteiger partial charge in [0, 0.05) is 0 Å². The Balaban J connectivity index is -0.000000449. The molecule has 0 unspecified atom stereocenters. The molecule has 0 saturated heterocycles. The molecule has 0 amide bonds. The number of unbranched alkanes of at least 4 members (excludes halogenated alkanes) is 72. The molecule has 114 heavy (non-hydrogen) atoms. The van der Waals surface area contributed by atoms with Crippen LogP contribution >= 0.6 is 23.5 Å². The smallest absolute Gasteiger partial charge is 0.330 e. The van der Waals surface area contributed by atoms with Gasteiger partial charge in [0.15, 0.2) is 0 Å². The van der Waals surface area contributed by atoms with E-state index in [2.05, 4.69) is 48.5 Å². The third-order valence-electron chi connectivity index (χ3n) is 21.7. The molecule has 0 aromatic carbocycles. The second-order valence-corrected chi connectivity index (χ2v) is 37.9. The Morgan fingerprint density at radius 2 is 0.228 bits per heavy atom. The minimum Gasteiger partial charge on any atom is -0.330 e. The zero-order valence-electron chi connectivity index (χ0n) is 78.0. The molecule has 0 saturated carbocycles. The molecule has 694 valence electrons. The van der Waals surface area contributed by atoms with Crippen molar-refractivity contribution in [3.63, 3.8) is 0 Å². The van der Waals surface area contributed by atoms with Crippen molar-refractivity contribution in [3.05, 3.63) is 0 Å². The summed E-state index contributed by atoms with van der Waals surface area (Å²) in [5.74, 6) is 0. The number of phosphoric ester groups is 3. The van der Waals surface area contributed by atoms with Crippen molar-refractivity contribution in [3.8, 4) is 0 Å². The van der Waals surface area contributed by atoms with E-state index in [9.17, 15) is 28.4 Å². The summed E-state index contributed by atoms with van der Waals surface area (Å²) >= 11 is 0. The van der Waals surface area contributed by atoms with Crippen LogP contribution in [0.5, 0.6) is 0 Å². The topological polar surface area (TPSA) is 245 Å². The monoisotopic (exact) mass is 1690 g/mol. The fraction of sp³-hybridized carbons (Fsp3) is 1.00. The average Bonchev–Trinajstić information content (AvgIpc) is 0.954. The van der Waals surface area contributed by atoms with Gasteiger partial charge < -0.3 is 31.9 Å². The van der Waals surface area contributed by atoms with Crippen LogP contribution in [0.15, 0.2) is 0 Å². The Hall–Kier alpha value is 0.210. The Labute approximate surface area is 713 Å². The van der Waals surface area contributed by atoms with Gasteiger partial charge in [0.05, 0.1) is 39.6 Å². The first-order valence-corrected chi connectivity index (χ1v) is 55.1. The summed E-state index contributed by atoms with van der Waals surface area (Å²) in [4.78, 5) is 29.1. The first kappa shape index (κ1) is 123. The predicted octanol–water partition coefficient (Wildman–Crippen LogP) is 33.6. The molecule has 0 fully saturated rings. The van der Waals surface area contributed by atoms with Gasteiger partial charge in [-0.1, -0.05) is 504 Å². The van der Waals surface area contributed by atoms with E-state index in [1.807, 2.05) is 0 Å². The zero-order valence-corrected chi connectivity index (χ0v) is 80.7. The third-order valence-corrected chi connectivity index (χ3v) is 24.8. The van der Waals surface area contributed by atoms with Gasteiger partial charge in [0.1, 0.15) is 0 Å². The summed E-state index contributed by atoms with van der Waals surface area (Å²) in [6, 6.07) is 0. The molecule has 0 heterocycles. The van der Waals surface area contributed by atoms with Crippen LogP contribution in [-0.4, -0.2) is 74.0 Å². The number of nitrogens with two attached hydrogens (primary N) is 3. The lowest BCUT2D eigenvalue weighted by Crippen LogP contribution is -1.99. The van der Waals surface area contributed by atoms with Gasteiger partial charge in [0.2, 0.25) is 0 Å². The molecule has 0 aliphatic carbocycles. The van der Waals surface area contributed by atoms with Gasteiger partial charge in [-0.15, -0.1) is 0 Å². The summed E-state index contributed by atoms with van der Waals surface area (Å²) in [6.45, 7) is 20.3. The van der Waals surface area contributed by atoms with Gasteiger partial charge in [-0.05, 0) is 77.4 Å². The number of rotatable bonds is 93. The number of hydrogen-bond acceptors (Lipinski definition) is 12. The van der Waals surface area contributed by atoms with E-state index < -0.39 is 23.5 Å². The highest BCUT2D eigenvalue weighted by Gasteiger charge is 2.22. The maximum atomic E-state index is 11.8. The second kappa shape index (κ2) is 111. The van der Waals surface area contributed by atoms with E-state index in [-0.39, 0.29) is 0 Å². The number of hydrogen-bond donors (Lipinski definition) is 6. The predicted molar refractivity (Wildman–Crippen MR) is 501 cm³/mol. The van der Waals surface area contributed by atoms with Crippen LogP contribution in [0.3, 0.4) is 0 Å². The van der Waals surface area contributed by atoms with E-state index in [0.29, 0.717) is 39.6 Å². The molecule has 0 radical (unpaired) electrons. The van der Waals surface area contributed by atoms with Crippen LogP contribution < -0.4 is 17.2 Å². The second-order valence-electron chi connectivity index (χ2n) is 33.6. The molecule has 18 heteroatoms. The van der Waals surface area contributed by atoms with Crippen molar-refractivity contribution in [1.82, 2.24) is 0 Å². The van der Waals surface area contributed by atoms with Crippen molar-refractivity contribution in [2.45, 2.75) is 562 Å². The van der Waals surface area contributed by atoms with Crippen molar-refractivity contribution in [1.29, 1.82) is 0 Å². The molecular weight excluding hydrogens is 1480 g/mol. The molecule has 0 atom stereocenters. The van der Waals surface area contributed by atoms with Crippen LogP contribution in [0.25, 0.3) is 0 Å². The van der Waals surface area contributed by atoms with Crippen LogP contribution in [0.4, 0.5) is 0 Å². The van der Waals surface area contributed by atoms with E-state index in [4.69, 9.17) is 44.3 Å². The minimum atomic E-state index is -3.85. The SMILES string of the molecule is CCCCCCCCCCCCN.CCCCCCCCCCCCOP(=O)(O)OCCCCCCCCCCCC.CCCCCCCCCCCCOP(=O)(O)OCCCCCCCCCCCC.CCCCCCCCCCCCOP(=O)(O)OCCCCCCCCCCCC.NCCCCCCCCCCCCN. The largest absolute Gasteiger partial charge is 0.472 e. The van der Waals surface area contributed by atoms with Crippen molar-refractivity contribution < 1.29 is 55.5 Å². The van der Waals surface area contributed by atoms with Gasteiger partial charge in [-0.3, -0.25) is 27.1 Å². The van der Waals surface area contributed by atoms with Crippen molar-refractivity contribution >= 4 is 23.5 Å². The molecule has 0 aliphatic rings. The van der Waals surface area contributed by atoms with Crippen LogP contribution in [0.2, 0.25) is 0 Å². The van der Waals surface area contributed by atoms with Crippen LogP contribution in [-0.2, 0) is 40.8 Å². The fourth-order valence-corrected chi connectivity index (χ4v) is 16.4. The molecule has 0 aromatic rings. The number of phosphoric acid groups is 3. The lowest BCUT2D eigenvalue weighted by Gasteiger charge is -2.12. The Bertz CT molecular complexity index is 1540. The lowest BCUT2D eigenvalue weighted by molar-refractivity contribution is 0.144. The standard InChI is InChI=1S/3C24H51O4P.C12H28N2.C12H27N/c3*1-3-5-7-9-11-13-15-17-19-21-23-27-29(25,26)28-24-22-20-18-16-14-12-10-8-6-4-2;13-11-9-7-5-3-1-2-4-6-8-10-12-14;1-2-3-4-5-6-7-8-9-10-11-12-13/h3*3-24H2,1-2H3,(H,25,26);1-14H2;2-13H2,1H3. The van der Waals surface area contributed by atoms with Crippen molar-refractivity contribution in [2.75, 3.05) is 59.3 Å². The Kier molecular flexibility index (Phi) is 120. The van der Waals surface area contributed by atoms with Gasteiger partial charge in [-0.25, -0.2) is 13.7 Å². The molecule has 15 nitrogen and oxygen atoms in total. The first-order chi connectivity index (χ1) is 55.7. The molecule has 9 N–H and O–H groups in total. The Morgan fingerprint density at radius 3 is 0.316 bits per heavy atom. The normalized spacial score (nSPS) is 11.7. The summed E-state index contributed by atoms with van der Waals surface area (Å²) in [5, 5.41) is 0. The van der Waals surface area contributed by atoms with E-state index in [0.717, 1.165) is 96.7 Å². The molecule has 0 bridgehead atoms.